The Morgan fingerprint density at radius 3 is 2.30 bits per heavy atom. The Bertz CT molecular complexity index is 969. The van der Waals surface area contributed by atoms with Gasteiger partial charge in [-0.25, -0.2) is 0 Å². The fourth-order valence-corrected chi connectivity index (χ4v) is 2.72. The first-order valence-corrected chi connectivity index (χ1v) is 8.73. The predicted molar refractivity (Wildman–Crippen MR) is 104 cm³/mol. The van der Waals surface area contributed by atoms with Crippen molar-refractivity contribution in [2.24, 2.45) is 0 Å². The molecule has 30 heavy (non-hydrogen) atoms. The van der Waals surface area contributed by atoms with Crippen molar-refractivity contribution in [2.45, 2.75) is 6.18 Å². The van der Waals surface area contributed by atoms with Gasteiger partial charge in [-0.2, -0.15) is 13.2 Å². The van der Waals surface area contributed by atoms with Crippen LogP contribution in [-0.2, 0) is 15.8 Å². The van der Waals surface area contributed by atoms with Crippen LogP contribution in [0.2, 0.25) is 5.02 Å². The molecule has 0 aliphatic heterocycles. The molecule has 0 saturated heterocycles. The van der Waals surface area contributed by atoms with Gasteiger partial charge in [-0.3, -0.25) is 24.6 Å². The molecule has 0 spiro atoms. The first-order chi connectivity index (χ1) is 14.0. The second kappa shape index (κ2) is 9.55. The van der Waals surface area contributed by atoms with E-state index in [1.165, 1.54) is 42.3 Å². The van der Waals surface area contributed by atoms with Gasteiger partial charge in [-0.1, -0.05) is 23.7 Å². The number of carbonyl (C=O) groups excluding carboxylic acids is 2. The summed E-state index contributed by atoms with van der Waals surface area (Å²) in [7, 11) is 1.43. The lowest BCUT2D eigenvalue weighted by Gasteiger charge is -2.17. The number of halogens is 4. The fourth-order valence-electron chi connectivity index (χ4n) is 2.50. The van der Waals surface area contributed by atoms with Crippen LogP contribution in [0, 0.1) is 10.1 Å². The van der Waals surface area contributed by atoms with Gasteiger partial charge in [0.25, 0.3) is 5.69 Å². The van der Waals surface area contributed by atoms with E-state index < -0.39 is 33.5 Å². The molecule has 0 fully saturated rings. The lowest BCUT2D eigenvalue weighted by Crippen LogP contribution is -2.36. The number of alkyl halides is 3. The van der Waals surface area contributed by atoms with Crippen LogP contribution in [0.15, 0.2) is 42.5 Å². The summed E-state index contributed by atoms with van der Waals surface area (Å²) >= 11 is 5.53. The summed E-state index contributed by atoms with van der Waals surface area (Å²) in [5.74, 6) is -1.27. The minimum absolute atomic E-state index is 0.00574. The second-order valence-electron chi connectivity index (χ2n) is 6.24. The average Bonchev–Trinajstić information content (AvgIpc) is 2.62. The van der Waals surface area contributed by atoms with Gasteiger partial charge in [0.05, 0.1) is 28.6 Å². The molecular weight excluding hydrogens is 429 g/mol. The quantitative estimate of drug-likeness (QED) is 0.499. The molecule has 160 valence electrons. The van der Waals surface area contributed by atoms with E-state index >= 15 is 0 Å². The van der Waals surface area contributed by atoms with Gasteiger partial charge in [0.15, 0.2) is 0 Å². The van der Waals surface area contributed by atoms with Gasteiger partial charge in [-0.05, 0) is 31.3 Å². The molecule has 2 aromatic rings. The van der Waals surface area contributed by atoms with Crippen molar-refractivity contribution in [1.82, 2.24) is 4.90 Å². The van der Waals surface area contributed by atoms with Crippen molar-refractivity contribution in [3.63, 3.8) is 0 Å². The molecule has 0 aromatic heterocycles. The molecule has 0 heterocycles. The molecule has 2 N–H and O–H groups in total. The maximum Gasteiger partial charge on any atom is 0.417 e. The largest absolute Gasteiger partial charge is 0.417 e. The highest BCUT2D eigenvalue weighted by Gasteiger charge is 2.33. The molecule has 2 rings (SSSR count). The molecule has 0 aliphatic carbocycles. The van der Waals surface area contributed by atoms with Crippen molar-refractivity contribution < 1.29 is 27.7 Å². The number of likely N-dealkylation sites (N-methyl/N-ethyl adjacent to an activating group) is 1. The van der Waals surface area contributed by atoms with Gasteiger partial charge in [0.2, 0.25) is 11.8 Å². The minimum Gasteiger partial charge on any atom is -0.325 e. The van der Waals surface area contributed by atoms with Crippen molar-refractivity contribution in [2.75, 3.05) is 30.8 Å². The smallest absolute Gasteiger partial charge is 0.325 e. The highest BCUT2D eigenvalue weighted by Crippen LogP contribution is 2.36. The number of para-hydroxylation sites is 2. The Morgan fingerprint density at radius 2 is 1.70 bits per heavy atom. The highest BCUT2D eigenvalue weighted by atomic mass is 35.5. The van der Waals surface area contributed by atoms with E-state index in [-0.39, 0.29) is 30.2 Å². The van der Waals surface area contributed by atoms with Crippen LogP contribution in [0.5, 0.6) is 0 Å². The Kier molecular flexibility index (Phi) is 7.35. The standard InChI is InChI=1S/C18H16ClF3N4O4/c1-25(10-17(28)24-14-4-2-3-5-15(14)26(29)30)9-16(27)23-11-6-7-13(19)12(8-11)18(20,21)22/h2-8H,9-10H2,1H3,(H,23,27)(H,24,28). The van der Waals surface area contributed by atoms with E-state index in [1.54, 1.807) is 0 Å². The van der Waals surface area contributed by atoms with Gasteiger partial charge in [0, 0.05) is 11.8 Å². The molecule has 0 unspecified atom stereocenters. The maximum absolute atomic E-state index is 12.9. The number of anilines is 2. The van der Waals surface area contributed by atoms with Crippen LogP contribution in [0.1, 0.15) is 5.56 Å². The van der Waals surface area contributed by atoms with E-state index in [0.29, 0.717) is 6.07 Å². The zero-order valence-corrected chi connectivity index (χ0v) is 16.3. The normalized spacial score (nSPS) is 11.3. The molecule has 0 radical (unpaired) electrons. The zero-order valence-electron chi connectivity index (χ0n) is 15.5. The molecule has 0 aliphatic rings. The average molecular weight is 445 g/mol. The van der Waals surface area contributed by atoms with E-state index in [4.69, 9.17) is 11.6 Å². The van der Waals surface area contributed by atoms with Crippen LogP contribution in [0.25, 0.3) is 0 Å². The Labute approximate surface area is 173 Å². The SMILES string of the molecule is CN(CC(=O)Nc1ccc(Cl)c(C(F)(F)F)c1)CC(=O)Nc1ccccc1[N+](=O)[O-]. The molecule has 2 amide bonds. The van der Waals surface area contributed by atoms with Crippen LogP contribution in [0.3, 0.4) is 0 Å². The summed E-state index contributed by atoms with van der Waals surface area (Å²) in [6, 6.07) is 8.50. The van der Waals surface area contributed by atoms with Crippen molar-refractivity contribution >= 4 is 40.5 Å². The van der Waals surface area contributed by atoms with Gasteiger partial charge < -0.3 is 10.6 Å². The summed E-state index contributed by atoms with van der Waals surface area (Å²) in [4.78, 5) is 35.8. The van der Waals surface area contributed by atoms with Crippen LogP contribution >= 0.6 is 11.6 Å². The number of nitrogens with zero attached hydrogens (tertiary/aromatic N) is 2. The number of nitro benzene ring substituents is 1. The molecule has 8 nitrogen and oxygen atoms in total. The van der Waals surface area contributed by atoms with Crippen molar-refractivity contribution in [1.29, 1.82) is 0 Å². The number of rotatable bonds is 7. The third-order valence-electron chi connectivity index (χ3n) is 3.76. The molecule has 0 saturated carbocycles. The molecule has 2 aromatic carbocycles. The third kappa shape index (κ3) is 6.42. The monoisotopic (exact) mass is 444 g/mol. The van der Waals surface area contributed by atoms with Crippen LogP contribution in [0.4, 0.5) is 30.2 Å². The molecule has 12 heteroatoms. The number of hydrogen-bond acceptors (Lipinski definition) is 5. The number of benzene rings is 2. The maximum atomic E-state index is 12.9. The summed E-state index contributed by atoms with van der Waals surface area (Å²) in [5.41, 5.74) is -1.46. The molecule has 0 atom stereocenters. The zero-order chi connectivity index (χ0) is 22.5. The summed E-state index contributed by atoms with van der Waals surface area (Å²) in [5, 5.41) is 15.1. The number of nitrogens with one attached hydrogen (secondary N) is 2. The minimum atomic E-state index is -4.67. The Balaban J connectivity index is 1.94. The van der Waals surface area contributed by atoms with E-state index in [0.717, 1.165) is 6.07 Å². The number of nitro groups is 1. The number of carbonyl (C=O) groups is 2. The van der Waals surface area contributed by atoms with E-state index in [9.17, 15) is 32.9 Å². The molecular formula is C18H16ClF3N4O4. The number of hydrogen-bond donors (Lipinski definition) is 2. The fraction of sp³-hybridized carbons (Fsp3) is 0.222. The van der Waals surface area contributed by atoms with Crippen molar-refractivity contribution in [3.8, 4) is 0 Å². The Morgan fingerprint density at radius 1 is 1.10 bits per heavy atom. The Hall–Kier alpha value is -3.18. The summed E-state index contributed by atoms with van der Waals surface area (Å²) < 4.78 is 38.7. The van der Waals surface area contributed by atoms with Crippen molar-refractivity contribution in [3.05, 3.63) is 63.2 Å². The van der Waals surface area contributed by atoms with Gasteiger partial charge in [-0.15, -0.1) is 0 Å². The first-order valence-electron chi connectivity index (χ1n) is 8.36. The first kappa shape index (κ1) is 23.1. The summed E-state index contributed by atoms with van der Waals surface area (Å²) in [6.45, 7) is -0.595. The van der Waals surface area contributed by atoms with Gasteiger partial charge in [0.1, 0.15) is 5.69 Å². The van der Waals surface area contributed by atoms with Crippen LogP contribution < -0.4 is 10.6 Å². The lowest BCUT2D eigenvalue weighted by molar-refractivity contribution is -0.383. The van der Waals surface area contributed by atoms with Crippen LogP contribution in [-0.4, -0.2) is 41.8 Å². The topological polar surface area (TPSA) is 105 Å². The van der Waals surface area contributed by atoms with Gasteiger partial charge >= 0.3 is 6.18 Å². The lowest BCUT2D eigenvalue weighted by atomic mass is 10.2. The van der Waals surface area contributed by atoms with E-state index in [1.807, 2.05) is 0 Å². The molecule has 0 bridgehead atoms. The predicted octanol–water partition coefficient (Wildman–Crippen LogP) is 3.78. The van der Waals surface area contributed by atoms with E-state index in [2.05, 4.69) is 10.6 Å². The summed E-state index contributed by atoms with van der Waals surface area (Å²) in [6.07, 6.45) is -4.67. The third-order valence-corrected chi connectivity index (χ3v) is 4.09. The number of amides is 2. The second-order valence-corrected chi connectivity index (χ2v) is 6.64. The highest BCUT2D eigenvalue weighted by molar-refractivity contribution is 6.31.